The fourth-order valence-corrected chi connectivity index (χ4v) is 1.72. The Morgan fingerprint density at radius 1 is 1.08 bits per heavy atom. The predicted molar refractivity (Wildman–Crippen MR) is 53.2 cm³/mol. The average Bonchev–Trinajstić information content (AvgIpc) is 1.91. The largest absolute Gasteiger partial charge is 0.544 e. The maximum Gasteiger partial charge on any atom is 0.242 e. The van der Waals surface area contributed by atoms with Crippen molar-refractivity contribution in [2.24, 2.45) is 0 Å². The third kappa shape index (κ3) is 2.96. The van der Waals surface area contributed by atoms with Crippen LogP contribution in [0, 0.1) is 0 Å². The molecule has 0 aliphatic carbocycles. The first-order valence-electron chi connectivity index (χ1n) is 3.98. The van der Waals surface area contributed by atoms with E-state index in [1.54, 1.807) is 12.1 Å². The van der Waals surface area contributed by atoms with Crippen LogP contribution in [0.5, 0.6) is 5.75 Å². The molecule has 1 radical (unpaired) electrons. The third-order valence-corrected chi connectivity index (χ3v) is 2.13. The molecule has 12 heavy (non-hydrogen) atoms. The zero-order valence-electron chi connectivity index (χ0n) is 7.72. The highest BCUT2D eigenvalue weighted by atomic mass is 28.4. The summed E-state index contributed by atoms with van der Waals surface area (Å²) in [7, 11) is -1.48. The van der Waals surface area contributed by atoms with E-state index in [0.717, 1.165) is 5.75 Å². The van der Waals surface area contributed by atoms with Gasteiger partial charge in [-0.05, 0) is 43.9 Å². The lowest BCUT2D eigenvalue weighted by Crippen LogP contribution is -2.29. The van der Waals surface area contributed by atoms with Crippen molar-refractivity contribution in [1.29, 1.82) is 0 Å². The van der Waals surface area contributed by atoms with Crippen molar-refractivity contribution in [2.45, 2.75) is 19.6 Å². The van der Waals surface area contributed by atoms with Crippen LogP contribution in [-0.4, -0.2) is 8.32 Å². The minimum absolute atomic E-state index is 0.526. The molecule has 65 valence electrons. The van der Waals surface area contributed by atoms with E-state index in [4.69, 9.17) is 10.2 Å². The molecule has 0 atom stereocenters. The van der Waals surface area contributed by atoms with Crippen LogP contribution >= 0.6 is 0 Å². The van der Waals surface area contributed by atoms with Gasteiger partial charge in [-0.25, -0.2) is 0 Å². The second kappa shape index (κ2) is 3.19. The highest BCUT2D eigenvalue weighted by Crippen LogP contribution is 2.17. The van der Waals surface area contributed by atoms with Crippen molar-refractivity contribution in [2.75, 3.05) is 0 Å². The first-order valence-corrected chi connectivity index (χ1v) is 7.39. The molecular formula is C9H14NOSi. The summed E-state index contributed by atoms with van der Waals surface area (Å²) in [4.78, 5) is 0. The molecule has 1 N–H and O–H groups in total. The second-order valence-corrected chi connectivity index (χ2v) is 8.17. The van der Waals surface area contributed by atoms with Crippen molar-refractivity contribution >= 4 is 14.0 Å². The van der Waals surface area contributed by atoms with Gasteiger partial charge in [-0.2, -0.15) is 0 Å². The average molecular weight is 180 g/mol. The van der Waals surface area contributed by atoms with Gasteiger partial charge in [0.25, 0.3) is 0 Å². The zero-order valence-corrected chi connectivity index (χ0v) is 8.72. The van der Waals surface area contributed by atoms with Crippen molar-refractivity contribution in [3.05, 3.63) is 24.3 Å². The molecule has 3 heteroatoms. The molecule has 0 aromatic heterocycles. The number of hydrogen-bond acceptors (Lipinski definition) is 1. The highest BCUT2D eigenvalue weighted by molar-refractivity contribution is 6.70. The van der Waals surface area contributed by atoms with Gasteiger partial charge in [-0.1, -0.05) is 0 Å². The molecule has 1 aromatic carbocycles. The van der Waals surface area contributed by atoms with Crippen LogP contribution < -0.4 is 10.2 Å². The highest BCUT2D eigenvalue weighted by Gasteiger charge is 2.15. The normalized spacial score (nSPS) is 11.2. The fourth-order valence-electron chi connectivity index (χ4n) is 0.877. The van der Waals surface area contributed by atoms with Crippen LogP contribution in [0.3, 0.4) is 0 Å². The van der Waals surface area contributed by atoms with Crippen LogP contribution in [-0.2, 0) is 0 Å². The maximum atomic E-state index is 7.28. The molecule has 0 saturated heterocycles. The van der Waals surface area contributed by atoms with Crippen molar-refractivity contribution < 1.29 is 4.43 Å². The Bertz CT molecular complexity index is 250. The zero-order chi connectivity index (χ0) is 9.19. The number of nitrogens with one attached hydrogen (secondary N) is 1. The van der Waals surface area contributed by atoms with Gasteiger partial charge < -0.3 is 10.2 Å². The summed E-state index contributed by atoms with van der Waals surface area (Å²) in [6.07, 6.45) is 0. The Morgan fingerprint density at radius 2 is 1.58 bits per heavy atom. The number of benzene rings is 1. The topological polar surface area (TPSA) is 33.0 Å². The standard InChI is InChI=1S/C9H14NOSi/c1-12(2,3)11-9-6-4-8(10)5-7-9/h4-7,10H,1-3H3. The van der Waals surface area contributed by atoms with Gasteiger partial charge in [0.05, 0.1) is 5.69 Å². The Morgan fingerprint density at radius 3 is 2.00 bits per heavy atom. The molecular weight excluding hydrogens is 166 g/mol. The van der Waals surface area contributed by atoms with E-state index in [-0.39, 0.29) is 0 Å². The summed E-state index contributed by atoms with van der Waals surface area (Å²) in [5.74, 6) is 0.880. The van der Waals surface area contributed by atoms with Crippen LogP contribution in [0.4, 0.5) is 5.69 Å². The van der Waals surface area contributed by atoms with E-state index < -0.39 is 8.32 Å². The molecule has 0 bridgehead atoms. The maximum absolute atomic E-state index is 7.28. The Hall–Kier alpha value is -0.963. The Balaban J connectivity index is 2.71. The Labute approximate surface area is 74.5 Å². The van der Waals surface area contributed by atoms with E-state index in [2.05, 4.69) is 19.6 Å². The third-order valence-electron chi connectivity index (χ3n) is 1.28. The quantitative estimate of drug-likeness (QED) is 0.644. The number of hydrogen-bond donors (Lipinski definition) is 0. The molecule has 0 spiro atoms. The van der Waals surface area contributed by atoms with Crippen LogP contribution in [0.2, 0.25) is 19.6 Å². The fraction of sp³-hybridized carbons (Fsp3) is 0.333. The van der Waals surface area contributed by atoms with E-state index >= 15 is 0 Å². The van der Waals surface area contributed by atoms with Crippen molar-refractivity contribution in [3.8, 4) is 5.75 Å². The summed E-state index contributed by atoms with van der Waals surface area (Å²) < 4.78 is 5.71. The van der Waals surface area contributed by atoms with Gasteiger partial charge in [-0.15, -0.1) is 0 Å². The molecule has 0 amide bonds. The van der Waals surface area contributed by atoms with Gasteiger partial charge >= 0.3 is 0 Å². The van der Waals surface area contributed by atoms with Crippen LogP contribution in [0.15, 0.2) is 24.3 Å². The summed E-state index contributed by atoms with van der Waals surface area (Å²) in [5, 5.41) is 0. The van der Waals surface area contributed by atoms with Gasteiger partial charge in [0.2, 0.25) is 8.32 Å². The minimum Gasteiger partial charge on any atom is -0.544 e. The minimum atomic E-state index is -1.48. The molecule has 0 unspecified atom stereocenters. The summed E-state index contributed by atoms with van der Waals surface area (Å²) in [6.45, 7) is 6.42. The smallest absolute Gasteiger partial charge is 0.242 e. The Kier molecular flexibility index (Phi) is 2.42. The van der Waals surface area contributed by atoms with Crippen molar-refractivity contribution in [3.63, 3.8) is 0 Å². The lowest BCUT2D eigenvalue weighted by atomic mass is 10.3. The van der Waals surface area contributed by atoms with Gasteiger partial charge in [0.15, 0.2) is 0 Å². The van der Waals surface area contributed by atoms with Gasteiger partial charge in [0, 0.05) is 0 Å². The van der Waals surface area contributed by atoms with Crippen molar-refractivity contribution in [1.82, 2.24) is 5.73 Å². The molecule has 0 aliphatic heterocycles. The van der Waals surface area contributed by atoms with E-state index in [0.29, 0.717) is 5.69 Å². The summed E-state index contributed by atoms with van der Waals surface area (Å²) in [5.41, 5.74) is 7.80. The van der Waals surface area contributed by atoms with E-state index in [9.17, 15) is 0 Å². The van der Waals surface area contributed by atoms with Gasteiger partial charge in [0.1, 0.15) is 5.75 Å². The lowest BCUT2D eigenvalue weighted by molar-refractivity contribution is 0.558. The lowest BCUT2D eigenvalue weighted by Gasteiger charge is -2.18. The van der Waals surface area contributed by atoms with E-state index in [1.807, 2.05) is 12.1 Å². The monoisotopic (exact) mass is 180 g/mol. The summed E-state index contributed by atoms with van der Waals surface area (Å²) >= 11 is 0. The predicted octanol–water partition coefficient (Wildman–Crippen LogP) is 2.81. The van der Waals surface area contributed by atoms with E-state index in [1.165, 1.54) is 0 Å². The molecule has 0 aliphatic rings. The molecule has 1 rings (SSSR count). The second-order valence-electron chi connectivity index (χ2n) is 3.74. The summed E-state index contributed by atoms with van der Waals surface area (Å²) in [6, 6.07) is 7.19. The SMILES string of the molecule is C[Si](C)(C)Oc1ccc([NH])cc1. The number of rotatable bonds is 2. The first-order chi connectivity index (χ1) is 5.47. The molecule has 1 aromatic rings. The molecule has 0 fully saturated rings. The van der Waals surface area contributed by atoms with Crippen LogP contribution in [0.25, 0.3) is 0 Å². The molecule has 0 saturated carbocycles. The first kappa shape index (κ1) is 9.13. The molecule has 2 nitrogen and oxygen atoms in total. The van der Waals surface area contributed by atoms with Gasteiger partial charge in [-0.3, -0.25) is 0 Å². The van der Waals surface area contributed by atoms with Crippen LogP contribution in [0.1, 0.15) is 0 Å². The molecule has 0 heterocycles.